The van der Waals surface area contributed by atoms with Gasteiger partial charge >= 0.3 is 0 Å². The molecule has 4 rings (SSSR count). The fourth-order valence-electron chi connectivity index (χ4n) is 5.18. The predicted molar refractivity (Wildman–Crippen MR) is 83.0 cm³/mol. The number of ether oxygens (including phenoxy) is 1. The molecule has 4 aliphatic rings. The number of rotatable bonds is 5. The zero-order chi connectivity index (χ0) is 14.4. The molecule has 0 amide bonds. The third-order valence-electron chi connectivity index (χ3n) is 7.04. The van der Waals surface area contributed by atoms with E-state index in [2.05, 4.69) is 12.2 Å². The van der Waals surface area contributed by atoms with Gasteiger partial charge in [-0.15, -0.1) is 0 Å². The van der Waals surface area contributed by atoms with Crippen LogP contribution in [0.2, 0.25) is 0 Å². The fourth-order valence-corrected chi connectivity index (χ4v) is 5.18. The molecular formula is C18H31NO2. The first-order valence-corrected chi connectivity index (χ1v) is 9.19. The Morgan fingerprint density at radius 1 is 1.19 bits per heavy atom. The Hall–Kier alpha value is -0.120. The average Bonchev–Trinajstić information content (AvgIpc) is 3.38. The molecule has 1 saturated heterocycles. The summed E-state index contributed by atoms with van der Waals surface area (Å²) >= 11 is 0. The van der Waals surface area contributed by atoms with Crippen LogP contribution in [0.15, 0.2) is 0 Å². The molecule has 0 bridgehead atoms. The van der Waals surface area contributed by atoms with Crippen molar-refractivity contribution in [3.8, 4) is 0 Å². The molecule has 0 aromatic heterocycles. The van der Waals surface area contributed by atoms with Crippen LogP contribution in [0.1, 0.15) is 51.9 Å². The summed E-state index contributed by atoms with van der Waals surface area (Å²) in [4.78, 5) is 0. The number of aliphatic hydroxyl groups excluding tert-OH is 1. The number of hydrogen-bond donors (Lipinski definition) is 2. The maximum atomic E-state index is 10.8. The van der Waals surface area contributed by atoms with Crippen molar-refractivity contribution in [1.82, 2.24) is 5.32 Å². The monoisotopic (exact) mass is 293 g/mol. The van der Waals surface area contributed by atoms with Crippen LogP contribution < -0.4 is 5.32 Å². The zero-order valence-corrected chi connectivity index (χ0v) is 13.4. The molecule has 120 valence electrons. The average molecular weight is 293 g/mol. The molecule has 3 heteroatoms. The second-order valence-corrected chi connectivity index (χ2v) is 8.32. The van der Waals surface area contributed by atoms with Crippen molar-refractivity contribution in [2.24, 2.45) is 29.1 Å². The highest BCUT2D eigenvalue weighted by atomic mass is 16.5. The van der Waals surface area contributed by atoms with E-state index in [0.29, 0.717) is 12.0 Å². The first-order chi connectivity index (χ1) is 10.2. The zero-order valence-electron chi connectivity index (χ0n) is 13.4. The molecule has 0 aromatic carbocycles. The smallest absolute Gasteiger partial charge is 0.0638 e. The van der Waals surface area contributed by atoms with Crippen LogP contribution in [-0.2, 0) is 4.74 Å². The molecule has 1 heterocycles. The molecule has 0 aromatic rings. The largest absolute Gasteiger partial charge is 0.392 e. The van der Waals surface area contributed by atoms with Gasteiger partial charge in [0.15, 0.2) is 0 Å². The standard InChI is InChI=1S/C18H31NO2/c1-12(15-10-16(15)13-2-3-13)19-11-14-4-5-18(17(14)20)6-8-21-9-7-18/h12-17,19-20H,2-11H2,1H3/t12?,14?,15-,16-,17?/m0/s1. The van der Waals surface area contributed by atoms with Crippen molar-refractivity contribution in [2.45, 2.75) is 64.0 Å². The molecule has 3 unspecified atom stereocenters. The first-order valence-electron chi connectivity index (χ1n) is 9.19. The topological polar surface area (TPSA) is 41.5 Å². The fraction of sp³-hybridized carbons (Fsp3) is 1.00. The van der Waals surface area contributed by atoms with E-state index in [9.17, 15) is 5.11 Å². The van der Waals surface area contributed by atoms with E-state index in [1.807, 2.05) is 0 Å². The Labute approximate surface area is 128 Å². The lowest BCUT2D eigenvalue weighted by Crippen LogP contribution is -2.42. The van der Waals surface area contributed by atoms with Gasteiger partial charge in [0, 0.05) is 31.2 Å². The minimum absolute atomic E-state index is 0.112. The number of nitrogens with one attached hydrogen (secondary N) is 1. The van der Waals surface area contributed by atoms with E-state index in [0.717, 1.165) is 50.4 Å². The van der Waals surface area contributed by atoms with Gasteiger partial charge in [-0.25, -0.2) is 0 Å². The summed E-state index contributed by atoms with van der Waals surface area (Å²) in [5, 5.41) is 14.5. The molecule has 2 N–H and O–H groups in total. The molecule has 3 aliphatic carbocycles. The normalized spacial score (nSPS) is 43.1. The van der Waals surface area contributed by atoms with E-state index in [-0.39, 0.29) is 11.5 Å². The Bertz CT molecular complexity index is 375. The summed E-state index contributed by atoms with van der Waals surface area (Å²) < 4.78 is 5.49. The van der Waals surface area contributed by atoms with Gasteiger partial charge in [-0.05, 0) is 75.5 Å². The van der Waals surface area contributed by atoms with E-state index in [1.165, 1.54) is 32.1 Å². The Morgan fingerprint density at radius 3 is 2.67 bits per heavy atom. The Balaban J connectivity index is 1.25. The van der Waals surface area contributed by atoms with Crippen molar-refractivity contribution in [3.05, 3.63) is 0 Å². The lowest BCUT2D eigenvalue weighted by atomic mass is 9.76. The summed E-state index contributed by atoms with van der Waals surface area (Å²) in [5.41, 5.74) is 0.184. The highest BCUT2D eigenvalue weighted by molar-refractivity contribution is 5.02. The van der Waals surface area contributed by atoms with Crippen LogP contribution in [-0.4, -0.2) is 37.0 Å². The molecule has 3 nitrogen and oxygen atoms in total. The van der Waals surface area contributed by atoms with Crippen LogP contribution in [0.3, 0.4) is 0 Å². The van der Waals surface area contributed by atoms with Crippen molar-refractivity contribution in [1.29, 1.82) is 0 Å². The maximum absolute atomic E-state index is 10.8. The lowest BCUT2D eigenvalue weighted by Gasteiger charge is -2.37. The van der Waals surface area contributed by atoms with Gasteiger partial charge in [-0.1, -0.05) is 0 Å². The van der Waals surface area contributed by atoms with E-state index >= 15 is 0 Å². The van der Waals surface area contributed by atoms with Gasteiger partial charge in [-0.3, -0.25) is 0 Å². The predicted octanol–water partition coefficient (Wildman–Crippen LogP) is 2.58. The quantitative estimate of drug-likeness (QED) is 0.818. The van der Waals surface area contributed by atoms with E-state index in [4.69, 9.17) is 4.74 Å². The summed E-state index contributed by atoms with van der Waals surface area (Å²) in [7, 11) is 0. The summed E-state index contributed by atoms with van der Waals surface area (Å²) in [5.74, 6) is 3.49. The minimum atomic E-state index is -0.112. The summed E-state index contributed by atoms with van der Waals surface area (Å²) in [6, 6.07) is 0.647. The molecule has 3 saturated carbocycles. The minimum Gasteiger partial charge on any atom is -0.392 e. The highest BCUT2D eigenvalue weighted by Crippen LogP contribution is 2.55. The second kappa shape index (κ2) is 5.50. The Kier molecular flexibility index (Phi) is 3.79. The van der Waals surface area contributed by atoms with Gasteiger partial charge in [0.05, 0.1) is 6.10 Å². The highest BCUT2D eigenvalue weighted by Gasteiger charge is 2.50. The third kappa shape index (κ3) is 2.77. The molecule has 1 spiro atoms. The van der Waals surface area contributed by atoms with Gasteiger partial charge < -0.3 is 15.2 Å². The molecule has 1 aliphatic heterocycles. The van der Waals surface area contributed by atoms with Crippen molar-refractivity contribution in [2.75, 3.05) is 19.8 Å². The Morgan fingerprint density at radius 2 is 1.95 bits per heavy atom. The van der Waals surface area contributed by atoms with E-state index < -0.39 is 0 Å². The summed E-state index contributed by atoms with van der Waals surface area (Å²) in [6.07, 6.45) is 8.83. The molecule has 4 fully saturated rings. The summed E-state index contributed by atoms with van der Waals surface area (Å²) in [6.45, 7) is 5.06. The molecule has 0 radical (unpaired) electrons. The van der Waals surface area contributed by atoms with Crippen LogP contribution in [0.5, 0.6) is 0 Å². The molecule has 21 heavy (non-hydrogen) atoms. The van der Waals surface area contributed by atoms with Crippen LogP contribution in [0, 0.1) is 29.1 Å². The second-order valence-electron chi connectivity index (χ2n) is 8.32. The van der Waals surface area contributed by atoms with Crippen molar-refractivity contribution >= 4 is 0 Å². The SMILES string of the molecule is CC(NCC1CCC2(CCOCC2)C1O)[C@@H]1C[C@H]1C1CC1. The molecular weight excluding hydrogens is 262 g/mol. The maximum Gasteiger partial charge on any atom is 0.0638 e. The van der Waals surface area contributed by atoms with E-state index in [1.54, 1.807) is 0 Å². The van der Waals surface area contributed by atoms with Crippen molar-refractivity contribution < 1.29 is 9.84 Å². The van der Waals surface area contributed by atoms with Gasteiger partial charge in [0.1, 0.15) is 0 Å². The van der Waals surface area contributed by atoms with Crippen LogP contribution in [0.25, 0.3) is 0 Å². The van der Waals surface area contributed by atoms with Gasteiger partial charge in [0.2, 0.25) is 0 Å². The van der Waals surface area contributed by atoms with Crippen molar-refractivity contribution in [3.63, 3.8) is 0 Å². The van der Waals surface area contributed by atoms with Gasteiger partial charge in [0.25, 0.3) is 0 Å². The number of hydrogen-bond acceptors (Lipinski definition) is 3. The van der Waals surface area contributed by atoms with Crippen LogP contribution in [0.4, 0.5) is 0 Å². The van der Waals surface area contributed by atoms with Gasteiger partial charge in [-0.2, -0.15) is 0 Å². The number of aliphatic hydroxyl groups is 1. The first kappa shape index (κ1) is 14.5. The molecule has 5 atom stereocenters. The lowest BCUT2D eigenvalue weighted by molar-refractivity contribution is -0.0559. The van der Waals surface area contributed by atoms with Crippen LogP contribution >= 0.6 is 0 Å². The third-order valence-corrected chi connectivity index (χ3v) is 7.04.